The van der Waals surface area contributed by atoms with Crippen molar-refractivity contribution in [3.05, 3.63) is 53.1 Å². The molecule has 8 heteroatoms. The second-order valence-electron chi connectivity index (χ2n) is 8.35. The molecule has 0 N–H and O–H groups in total. The first-order chi connectivity index (χ1) is 14.7. The molecule has 4 rings (SSSR count). The average molecular weight is 435 g/mol. The van der Waals surface area contributed by atoms with Crippen LogP contribution in [0.5, 0.6) is 0 Å². The minimum absolute atomic E-state index is 0.154. The molecule has 1 aromatic carbocycles. The maximum Gasteiger partial charge on any atom is 0.419 e. The zero-order valence-corrected chi connectivity index (χ0v) is 17.4. The highest BCUT2D eigenvalue weighted by molar-refractivity contribution is 5.94. The fourth-order valence-electron chi connectivity index (χ4n) is 4.57. The number of halogens is 4. The van der Waals surface area contributed by atoms with E-state index in [9.17, 15) is 22.4 Å². The average Bonchev–Trinajstić information content (AvgIpc) is 3.28. The van der Waals surface area contributed by atoms with Crippen molar-refractivity contribution in [3.63, 3.8) is 0 Å². The van der Waals surface area contributed by atoms with Crippen LogP contribution in [0.1, 0.15) is 47.3 Å². The van der Waals surface area contributed by atoms with Crippen molar-refractivity contribution in [3.8, 4) is 11.1 Å². The second kappa shape index (κ2) is 8.57. The quantitative estimate of drug-likeness (QED) is 0.643. The number of piperidine rings is 1. The summed E-state index contributed by atoms with van der Waals surface area (Å²) in [5.41, 5.74) is 0.189. The van der Waals surface area contributed by atoms with E-state index in [1.54, 1.807) is 17.9 Å². The van der Waals surface area contributed by atoms with Crippen molar-refractivity contribution in [2.24, 2.45) is 0 Å². The van der Waals surface area contributed by atoms with Crippen LogP contribution in [0, 0.1) is 12.7 Å². The Labute approximate surface area is 178 Å². The number of benzene rings is 1. The summed E-state index contributed by atoms with van der Waals surface area (Å²) >= 11 is 0. The monoisotopic (exact) mass is 435 g/mol. The maximum absolute atomic E-state index is 13.6. The van der Waals surface area contributed by atoms with Crippen LogP contribution in [-0.4, -0.2) is 52.9 Å². The Morgan fingerprint density at radius 2 is 1.71 bits per heavy atom. The van der Waals surface area contributed by atoms with Gasteiger partial charge in [-0.2, -0.15) is 13.2 Å². The molecule has 1 amide bonds. The van der Waals surface area contributed by atoms with Crippen LogP contribution in [0.25, 0.3) is 11.1 Å². The molecular formula is C23H25F4N3O. The Bertz CT molecular complexity index is 962. The van der Waals surface area contributed by atoms with Crippen LogP contribution in [0.2, 0.25) is 0 Å². The fourth-order valence-corrected chi connectivity index (χ4v) is 4.57. The lowest BCUT2D eigenvalue weighted by Gasteiger charge is -2.36. The van der Waals surface area contributed by atoms with Gasteiger partial charge in [0.2, 0.25) is 0 Å². The number of amides is 1. The third-order valence-corrected chi connectivity index (χ3v) is 6.29. The molecule has 0 atom stereocenters. The van der Waals surface area contributed by atoms with Crippen LogP contribution in [0.4, 0.5) is 17.6 Å². The van der Waals surface area contributed by atoms with Gasteiger partial charge in [-0.05, 0) is 75.0 Å². The summed E-state index contributed by atoms with van der Waals surface area (Å²) in [6.45, 7) is 5.35. The molecule has 0 unspecified atom stereocenters. The van der Waals surface area contributed by atoms with Gasteiger partial charge in [0.15, 0.2) is 0 Å². The van der Waals surface area contributed by atoms with Crippen molar-refractivity contribution in [2.75, 3.05) is 26.2 Å². The van der Waals surface area contributed by atoms with E-state index in [2.05, 4.69) is 9.88 Å². The first-order valence-corrected chi connectivity index (χ1v) is 10.6. The smallest absolute Gasteiger partial charge is 0.337 e. The highest BCUT2D eigenvalue weighted by atomic mass is 19.4. The molecule has 0 spiro atoms. The lowest BCUT2D eigenvalue weighted by Crippen LogP contribution is -2.46. The summed E-state index contributed by atoms with van der Waals surface area (Å²) in [7, 11) is 0. The summed E-state index contributed by atoms with van der Waals surface area (Å²) in [5.74, 6) is -1.47. The van der Waals surface area contributed by atoms with Crippen LogP contribution >= 0.6 is 0 Å². The van der Waals surface area contributed by atoms with E-state index >= 15 is 0 Å². The molecule has 31 heavy (non-hydrogen) atoms. The van der Waals surface area contributed by atoms with Gasteiger partial charge in [0, 0.05) is 30.9 Å². The van der Waals surface area contributed by atoms with Crippen LogP contribution in [0.3, 0.4) is 0 Å². The fraction of sp³-hybridized carbons (Fsp3) is 0.478. The van der Waals surface area contributed by atoms with Crippen molar-refractivity contribution < 1.29 is 22.4 Å². The highest BCUT2D eigenvalue weighted by Gasteiger charge is 2.34. The van der Waals surface area contributed by atoms with Crippen molar-refractivity contribution in [1.82, 2.24) is 14.8 Å². The van der Waals surface area contributed by atoms with Gasteiger partial charge in [-0.3, -0.25) is 9.78 Å². The molecule has 2 aliphatic heterocycles. The minimum Gasteiger partial charge on any atom is -0.337 e. The predicted molar refractivity (Wildman–Crippen MR) is 109 cm³/mol. The van der Waals surface area contributed by atoms with Gasteiger partial charge in [0.05, 0.1) is 5.56 Å². The lowest BCUT2D eigenvalue weighted by atomic mass is 10.0. The van der Waals surface area contributed by atoms with Crippen molar-refractivity contribution in [2.45, 2.75) is 44.8 Å². The normalized spacial score (nSPS) is 18.5. The number of likely N-dealkylation sites (tertiary alicyclic amines) is 2. The number of hydrogen-bond donors (Lipinski definition) is 0. The molecule has 0 saturated carbocycles. The Hall–Kier alpha value is -2.48. The van der Waals surface area contributed by atoms with Crippen molar-refractivity contribution in [1.29, 1.82) is 0 Å². The SMILES string of the molecule is Cc1cc(-c2ccc(F)c(C(F)(F)F)c2)cnc1C(=O)N1CCC(N2CCCC2)CC1. The second-order valence-corrected chi connectivity index (χ2v) is 8.35. The molecule has 2 aromatic rings. The van der Waals surface area contributed by atoms with Crippen LogP contribution in [0.15, 0.2) is 30.5 Å². The van der Waals surface area contributed by atoms with Gasteiger partial charge < -0.3 is 9.80 Å². The zero-order chi connectivity index (χ0) is 22.2. The standard InChI is InChI=1S/C23H25F4N3O/c1-15-12-17(16-4-5-20(24)19(13-16)23(25,26)27)14-28-21(15)22(31)30-10-6-18(7-11-30)29-8-2-3-9-29/h4-5,12-14,18H,2-3,6-11H2,1H3. The Balaban J connectivity index is 1.48. The molecule has 0 aliphatic carbocycles. The van der Waals surface area contributed by atoms with E-state index in [-0.39, 0.29) is 11.5 Å². The van der Waals surface area contributed by atoms with E-state index in [0.717, 1.165) is 38.1 Å². The lowest BCUT2D eigenvalue weighted by molar-refractivity contribution is -0.139. The Morgan fingerprint density at radius 3 is 2.32 bits per heavy atom. The van der Waals surface area contributed by atoms with E-state index in [1.165, 1.54) is 25.1 Å². The number of pyridine rings is 1. The number of aryl methyl sites for hydroxylation is 1. The summed E-state index contributed by atoms with van der Waals surface area (Å²) in [4.78, 5) is 21.6. The van der Waals surface area contributed by atoms with E-state index < -0.39 is 17.6 Å². The maximum atomic E-state index is 13.6. The van der Waals surface area contributed by atoms with E-state index in [0.29, 0.717) is 36.0 Å². The number of aromatic nitrogens is 1. The molecular weight excluding hydrogens is 410 g/mol. The largest absolute Gasteiger partial charge is 0.419 e. The first-order valence-electron chi connectivity index (χ1n) is 10.6. The van der Waals surface area contributed by atoms with Crippen LogP contribution < -0.4 is 0 Å². The van der Waals surface area contributed by atoms with Gasteiger partial charge in [-0.25, -0.2) is 4.39 Å². The Morgan fingerprint density at radius 1 is 1.03 bits per heavy atom. The molecule has 166 valence electrons. The van der Waals surface area contributed by atoms with Gasteiger partial charge in [0.1, 0.15) is 11.5 Å². The Kier molecular flexibility index (Phi) is 6.01. The number of carbonyl (C=O) groups excluding carboxylic acids is 1. The molecule has 0 bridgehead atoms. The molecule has 2 fully saturated rings. The summed E-state index contributed by atoms with van der Waals surface area (Å²) < 4.78 is 52.6. The van der Waals surface area contributed by atoms with E-state index in [4.69, 9.17) is 0 Å². The molecule has 4 nitrogen and oxygen atoms in total. The van der Waals surface area contributed by atoms with Gasteiger partial charge >= 0.3 is 6.18 Å². The number of carbonyl (C=O) groups is 1. The molecule has 3 heterocycles. The van der Waals surface area contributed by atoms with E-state index in [1.807, 2.05) is 0 Å². The van der Waals surface area contributed by atoms with Crippen molar-refractivity contribution >= 4 is 5.91 Å². The predicted octanol–water partition coefficient (Wildman–Crippen LogP) is 4.92. The molecule has 2 saturated heterocycles. The third-order valence-electron chi connectivity index (χ3n) is 6.29. The highest BCUT2D eigenvalue weighted by Crippen LogP contribution is 2.34. The molecule has 2 aliphatic rings. The minimum atomic E-state index is -4.78. The molecule has 1 aromatic heterocycles. The number of nitrogens with zero attached hydrogens (tertiary/aromatic N) is 3. The number of alkyl halides is 3. The summed E-state index contributed by atoms with van der Waals surface area (Å²) in [5, 5.41) is 0. The molecule has 0 radical (unpaired) electrons. The summed E-state index contributed by atoms with van der Waals surface area (Å²) in [6.07, 6.45) is 0.974. The van der Waals surface area contributed by atoms with Gasteiger partial charge in [-0.15, -0.1) is 0 Å². The van der Waals surface area contributed by atoms with Crippen LogP contribution in [-0.2, 0) is 6.18 Å². The third kappa shape index (κ3) is 4.59. The number of hydrogen-bond acceptors (Lipinski definition) is 3. The summed E-state index contributed by atoms with van der Waals surface area (Å²) in [6, 6.07) is 5.02. The number of rotatable bonds is 3. The topological polar surface area (TPSA) is 36.4 Å². The first kappa shape index (κ1) is 21.7. The van der Waals surface area contributed by atoms with Gasteiger partial charge in [-0.1, -0.05) is 6.07 Å². The zero-order valence-electron chi connectivity index (χ0n) is 17.4. The van der Waals surface area contributed by atoms with Gasteiger partial charge in [0.25, 0.3) is 5.91 Å².